The van der Waals surface area contributed by atoms with Crippen molar-refractivity contribution >= 4 is 5.91 Å². The van der Waals surface area contributed by atoms with Crippen molar-refractivity contribution in [3.63, 3.8) is 0 Å². The van der Waals surface area contributed by atoms with Crippen LogP contribution in [-0.4, -0.2) is 27.5 Å². The van der Waals surface area contributed by atoms with Crippen molar-refractivity contribution in [2.45, 2.75) is 60.9 Å². The van der Waals surface area contributed by atoms with Gasteiger partial charge < -0.3 is 4.90 Å². The molecule has 1 N–H and O–H groups in total. The van der Waals surface area contributed by atoms with Crippen LogP contribution in [0.1, 0.15) is 58.0 Å². The van der Waals surface area contributed by atoms with E-state index in [0.717, 1.165) is 30.8 Å². The molecule has 0 radical (unpaired) electrons. The third-order valence-electron chi connectivity index (χ3n) is 3.28. The van der Waals surface area contributed by atoms with Crippen LogP contribution in [0.25, 0.3) is 0 Å². The third-order valence-corrected chi connectivity index (χ3v) is 3.28. The normalized spacial score (nSPS) is 15.2. The Balaban J connectivity index is 0.000000861. The van der Waals surface area contributed by atoms with E-state index in [-0.39, 0.29) is 11.3 Å². The van der Waals surface area contributed by atoms with Gasteiger partial charge in [0.25, 0.3) is 0 Å². The van der Waals surface area contributed by atoms with Crippen molar-refractivity contribution < 1.29 is 4.79 Å². The number of aryl methyl sites for hydroxylation is 2. The van der Waals surface area contributed by atoms with Gasteiger partial charge in [0.15, 0.2) is 0 Å². The quantitative estimate of drug-likeness (QED) is 0.783. The van der Waals surface area contributed by atoms with Crippen LogP contribution in [0, 0.1) is 12.3 Å². The number of aromatic amines is 1. The van der Waals surface area contributed by atoms with Gasteiger partial charge in [-0.2, -0.15) is 5.10 Å². The highest BCUT2D eigenvalue weighted by Crippen LogP contribution is 2.24. The van der Waals surface area contributed by atoms with Crippen molar-refractivity contribution in [1.82, 2.24) is 15.1 Å². The minimum atomic E-state index is -0.303. The lowest BCUT2D eigenvalue weighted by Gasteiger charge is -2.28. The zero-order valence-electron chi connectivity index (χ0n) is 13.1. The summed E-state index contributed by atoms with van der Waals surface area (Å²) in [4.78, 5) is 14.3. The highest BCUT2D eigenvalue weighted by molar-refractivity contribution is 5.81. The van der Waals surface area contributed by atoms with E-state index >= 15 is 0 Å². The highest BCUT2D eigenvalue weighted by atomic mass is 16.2. The largest absolute Gasteiger partial charge is 0.338 e. The van der Waals surface area contributed by atoms with Gasteiger partial charge in [-0.3, -0.25) is 9.89 Å². The van der Waals surface area contributed by atoms with Gasteiger partial charge in [-0.15, -0.1) is 0 Å². The zero-order valence-corrected chi connectivity index (χ0v) is 13.1. The molecule has 4 heteroatoms. The molecule has 2 rings (SSSR count). The number of aromatic nitrogens is 2. The maximum atomic E-state index is 12.3. The summed E-state index contributed by atoms with van der Waals surface area (Å²) in [5.74, 6) is 0.228. The van der Waals surface area contributed by atoms with Crippen molar-refractivity contribution in [1.29, 1.82) is 0 Å². The summed E-state index contributed by atoms with van der Waals surface area (Å²) < 4.78 is 0. The fraction of sp³-hybridized carbons (Fsp3) is 0.733. The lowest BCUT2D eigenvalue weighted by Crippen LogP contribution is -2.39. The Morgan fingerprint density at radius 2 is 1.95 bits per heavy atom. The Morgan fingerprint density at radius 3 is 2.53 bits per heavy atom. The SMILES string of the molecule is CC.Cc1[nH]nc2c1CN(C(=O)C(C)(C)C)CCC2. The average Bonchev–Trinajstić information content (AvgIpc) is 2.61. The summed E-state index contributed by atoms with van der Waals surface area (Å²) in [6.07, 6.45) is 1.96. The minimum Gasteiger partial charge on any atom is -0.338 e. The van der Waals surface area contributed by atoms with Crippen LogP contribution >= 0.6 is 0 Å². The van der Waals surface area contributed by atoms with Crippen LogP contribution in [0.3, 0.4) is 0 Å². The van der Waals surface area contributed by atoms with Crippen LogP contribution < -0.4 is 0 Å². The van der Waals surface area contributed by atoms with E-state index in [4.69, 9.17) is 0 Å². The van der Waals surface area contributed by atoms with Gasteiger partial charge in [-0.1, -0.05) is 34.6 Å². The average molecular weight is 265 g/mol. The Hall–Kier alpha value is -1.32. The minimum absolute atomic E-state index is 0.228. The first kappa shape index (κ1) is 15.7. The number of hydrogen-bond donors (Lipinski definition) is 1. The molecule has 0 aliphatic carbocycles. The topological polar surface area (TPSA) is 49.0 Å². The molecule has 0 unspecified atom stereocenters. The molecule has 108 valence electrons. The summed E-state index contributed by atoms with van der Waals surface area (Å²) in [5, 5.41) is 7.33. The molecule has 0 saturated carbocycles. The molecule has 1 aromatic rings. The molecule has 2 heterocycles. The summed E-state index contributed by atoms with van der Waals surface area (Å²) in [6.45, 7) is 13.5. The number of hydrogen-bond acceptors (Lipinski definition) is 2. The van der Waals surface area contributed by atoms with E-state index in [0.29, 0.717) is 6.54 Å². The molecule has 0 spiro atoms. The van der Waals surface area contributed by atoms with Gasteiger partial charge in [0.2, 0.25) is 5.91 Å². The van der Waals surface area contributed by atoms with E-state index in [1.807, 2.05) is 46.4 Å². The second-order valence-electron chi connectivity index (χ2n) is 5.85. The highest BCUT2D eigenvalue weighted by Gasteiger charge is 2.29. The van der Waals surface area contributed by atoms with Gasteiger partial charge in [0, 0.05) is 29.8 Å². The summed E-state index contributed by atoms with van der Waals surface area (Å²) in [6, 6.07) is 0. The number of amides is 1. The smallest absolute Gasteiger partial charge is 0.228 e. The second kappa shape index (κ2) is 6.22. The van der Waals surface area contributed by atoms with Crippen LogP contribution in [-0.2, 0) is 17.8 Å². The predicted octanol–water partition coefficient (Wildman–Crippen LogP) is 3.07. The molecule has 0 fully saturated rings. The lowest BCUT2D eigenvalue weighted by atomic mass is 9.94. The maximum absolute atomic E-state index is 12.3. The molecule has 1 aliphatic heterocycles. The monoisotopic (exact) mass is 265 g/mol. The number of rotatable bonds is 0. The molecule has 1 amide bonds. The van der Waals surface area contributed by atoms with Crippen LogP contribution in [0.5, 0.6) is 0 Å². The van der Waals surface area contributed by atoms with Crippen molar-refractivity contribution in [3.8, 4) is 0 Å². The third kappa shape index (κ3) is 3.58. The fourth-order valence-electron chi connectivity index (χ4n) is 2.27. The molecule has 1 aliphatic rings. The van der Waals surface area contributed by atoms with Gasteiger partial charge in [0.05, 0.1) is 5.69 Å². The second-order valence-corrected chi connectivity index (χ2v) is 5.85. The zero-order chi connectivity index (χ0) is 14.6. The molecule has 0 atom stereocenters. The Labute approximate surface area is 116 Å². The Bertz CT molecular complexity index is 429. The first-order valence-corrected chi connectivity index (χ1v) is 7.21. The standard InChI is InChI=1S/C13H21N3O.C2H6/c1-9-10-8-16(12(17)13(2,3)4)7-5-6-11(10)15-14-9;1-2/h5-8H2,1-4H3,(H,14,15);1-2H3. The molecule has 0 aromatic carbocycles. The molecule has 4 nitrogen and oxygen atoms in total. The summed E-state index contributed by atoms with van der Waals surface area (Å²) >= 11 is 0. The molecular weight excluding hydrogens is 238 g/mol. The molecule has 0 bridgehead atoms. The van der Waals surface area contributed by atoms with Crippen LogP contribution in [0.4, 0.5) is 0 Å². The van der Waals surface area contributed by atoms with Gasteiger partial charge in [0.1, 0.15) is 0 Å². The lowest BCUT2D eigenvalue weighted by molar-refractivity contribution is -0.140. The summed E-state index contributed by atoms with van der Waals surface area (Å²) in [5.41, 5.74) is 3.13. The van der Waals surface area contributed by atoms with Crippen molar-refractivity contribution in [2.24, 2.45) is 5.41 Å². The molecular formula is C15H27N3O. The molecule has 19 heavy (non-hydrogen) atoms. The summed E-state index contributed by atoms with van der Waals surface area (Å²) in [7, 11) is 0. The fourth-order valence-corrected chi connectivity index (χ4v) is 2.27. The van der Waals surface area contributed by atoms with Crippen LogP contribution in [0.2, 0.25) is 0 Å². The first-order chi connectivity index (χ1) is 8.89. The van der Waals surface area contributed by atoms with Gasteiger partial charge in [-0.05, 0) is 19.8 Å². The van der Waals surface area contributed by atoms with Crippen molar-refractivity contribution in [2.75, 3.05) is 6.54 Å². The molecule has 0 saturated heterocycles. The van der Waals surface area contributed by atoms with E-state index in [2.05, 4.69) is 10.2 Å². The van der Waals surface area contributed by atoms with Crippen molar-refractivity contribution in [3.05, 3.63) is 17.0 Å². The Kier molecular flexibility index (Phi) is 5.15. The number of fused-ring (bicyclic) bond motifs is 1. The van der Waals surface area contributed by atoms with E-state index in [1.165, 1.54) is 5.56 Å². The van der Waals surface area contributed by atoms with E-state index < -0.39 is 0 Å². The van der Waals surface area contributed by atoms with E-state index in [1.54, 1.807) is 0 Å². The van der Waals surface area contributed by atoms with Gasteiger partial charge in [-0.25, -0.2) is 0 Å². The predicted molar refractivity (Wildman–Crippen MR) is 77.9 cm³/mol. The number of nitrogens with zero attached hydrogens (tertiary/aromatic N) is 2. The Morgan fingerprint density at radius 1 is 1.32 bits per heavy atom. The first-order valence-electron chi connectivity index (χ1n) is 7.21. The van der Waals surface area contributed by atoms with Gasteiger partial charge >= 0.3 is 0 Å². The number of carbonyl (C=O) groups is 1. The van der Waals surface area contributed by atoms with E-state index in [9.17, 15) is 4.79 Å². The maximum Gasteiger partial charge on any atom is 0.228 e. The number of carbonyl (C=O) groups excluding carboxylic acids is 1. The van der Waals surface area contributed by atoms with Crippen LogP contribution in [0.15, 0.2) is 0 Å². The molecule has 1 aromatic heterocycles. The number of nitrogens with one attached hydrogen (secondary N) is 1. The number of H-pyrrole nitrogens is 1.